The van der Waals surface area contributed by atoms with Gasteiger partial charge in [-0.25, -0.2) is 0 Å². The van der Waals surface area contributed by atoms with Crippen LogP contribution in [0.5, 0.6) is 0 Å². The van der Waals surface area contributed by atoms with E-state index in [1.54, 1.807) is 11.3 Å². The maximum atomic E-state index is 12.1. The molecule has 92 valence electrons. The molecule has 0 spiro atoms. The number of para-hydroxylation sites is 1. The molecule has 3 heteroatoms. The first-order valence-electron chi connectivity index (χ1n) is 6.10. The quantitative estimate of drug-likeness (QED) is 0.874. The van der Waals surface area contributed by atoms with E-state index in [0.717, 1.165) is 23.2 Å². The standard InChI is InChI=1S/C15H15NOS/c1-9-6-7-18-13(9)8-12-11-5-3-4-10(2)14(11)16-15(12)17/h3-7,12H,8H2,1-2H3,(H,16,17)/t12-/m0/s1. The van der Waals surface area contributed by atoms with Crippen molar-refractivity contribution in [2.75, 3.05) is 5.32 Å². The van der Waals surface area contributed by atoms with Gasteiger partial charge in [-0.15, -0.1) is 11.3 Å². The molecule has 1 N–H and O–H groups in total. The van der Waals surface area contributed by atoms with E-state index in [-0.39, 0.29) is 11.8 Å². The van der Waals surface area contributed by atoms with Crippen molar-refractivity contribution in [1.82, 2.24) is 0 Å². The van der Waals surface area contributed by atoms with Crippen LogP contribution in [0, 0.1) is 13.8 Å². The van der Waals surface area contributed by atoms with Gasteiger partial charge in [-0.2, -0.15) is 0 Å². The molecule has 0 saturated heterocycles. The molecular formula is C15H15NOS. The van der Waals surface area contributed by atoms with Crippen molar-refractivity contribution in [3.05, 3.63) is 51.2 Å². The smallest absolute Gasteiger partial charge is 0.232 e. The monoisotopic (exact) mass is 257 g/mol. The van der Waals surface area contributed by atoms with E-state index in [9.17, 15) is 4.79 Å². The molecule has 18 heavy (non-hydrogen) atoms. The first-order valence-corrected chi connectivity index (χ1v) is 6.98. The molecule has 0 aliphatic carbocycles. The Kier molecular flexibility index (Phi) is 2.71. The number of aryl methyl sites for hydroxylation is 2. The highest BCUT2D eigenvalue weighted by atomic mass is 32.1. The zero-order valence-electron chi connectivity index (χ0n) is 10.5. The lowest BCUT2D eigenvalue weighted by atomic mass is 9.94. The molecular weight excluding hydrogens is 242 g/mol. The highest BCUT2D eigenvalue weighted by Gasteiger charge is 2.31. The Bertz CT molecular complexity index is 615. The van der Waals surface area contributed by atoms with E-state index in [0.29, 0.717) is 0 Å². The van der Waals surface area contributed by atoms with Crippen LogP contribution in [0.25, 0.3) is 0 Å². The van der Waals surface area contributed by atoms with Crippen molar-refractivity contribution in [3.63, 3.8) is 0 Å². The number of benzene rings is 1. The van der Waals surface area contributed by atoms with Crippen molar-refractivity contribution < 1.29 is 4.79 Å². The van der Waals surface area contributed by atoms with Crippen LogP contribution in [0.3, 0.4) is 0 Å². The zero-order chi connectivity index (χ0) is 12.7. The summed E-state index contributed by atoms with van der Waals surface area (Å²) in [4.78, 5) is 13.4. The number of hydrogen-bond donors (Lipinski definition) is 1. The van der Waals surface area contributed by atoms with Crippen LogP contribution in [0.1, 0.15) is 27.5 Å². The summed E-state index contributed by atoms with van der Waals surface area (Å²) in [5.74, 6) is 0.101. The number of anilines is 1. The van der Waals surface area contributed by atoms with E-state index in [2.05, 4.69) is 29.8 Å². The molecule has 1 aliphatic heterocycles. The second kappa shape index (κ2) is 4.25. The fourth-order valence-corrected chi connectivity index (χ4v) is 3.46. The molecule has 1 aliphatic rings. The summed E-state index contributed by atoms with van der Waals surface area (Å²) < 4.78 is 0. The predicted octanol–water partition coefficient (Wildman–Crippen LogP) is 3.64. The molecule has 1 atom stereocenters. The Morgan fingerprint density at radius 3 is 2.78 bits per heavy atom. The van der Waals surface area contributed by atoms with Crippen molar-refractivity contribution >= 4 is 22.9 Å². The van der Waals surface area contributed by atoms with Crippen LogP contribution in [0.2, 0.25) is 0 Å². The molecule has 0 radical (unpaired) electrons. The van der Waals surface area contributed by atoms with Gasteiger partial charge in [0.1, 0.15) is 0 Å². The van der Waals surface area contributed by atoms with Crippen LogP contribution in [-0.4, -0.2) is 5.91 Å². The van der Waals surface area contributed by atoms with E-state index < -0.39 is 0 Å². The van der Waals surface area contributed by atoms with Gasteiger partial charge in [-0.05, 0) is 48.4 Å². The SMILES string of the molecule is Cc1ccsc1C[C@@H]1C(=O)Nc2c(C)cccc21. The molecule has 1 amide bonds. The lowest BCUT2D eigenvalue weighted by molar-refractivity contribution is -0.117. The fourth-order valence-electron chi connectivity index (χ4n) is 2.50. The van der Waals surface area contributed by atoms with Gasteiger partial charge in [0.25, 0.3) is 0 Å². The van der Waals surface area contributed by atoms with Gasteiger partial charge < -0.3 is 5.32 Å². The largest absolute Gasteiger partial charge is 0.325 e. The summed E-state index contributed by atoms with van der Waals surface area (Å²) in [6, 6.07) is 8.25. The molecule has 2 heterocycles. The van der Waals surface area contributed by atoms with Gasteiger partial charge in [0.2, 0.25) is 5.91 Å². The van der Waals surface area contributed by atoms with E-state index in [1.807, 2.05) is 19.1 Å². The maximum Gasteiger partial charge on any atom is 0.232 e. The molecule has 0 bridgehead atoms. The van der Waals surface area contributed by atoms with Crippen molar-refractivity contribution in [3.8, 4) is 0 Å². The van der Waals surface area contributed by atoms with Gasteiger partial charge in [0.05, 0.1) is 5.92 Å². The fraction of sp³-hybridized carbons (Fsp3) is 0.267. The molecule has 3 rings (SSSR count). The Morgan fingerprint density at radius 1 is 1.22 bits per heavy atom. The van der Waals surface area contributed by atoms with Gasteiger partial charge in [-0.3, -0.25) is 4.79 Å². The van der Waals surface area contributed by atoms with Gasteiger partial charge >= 0.3 is 0 Å². The number of carbonyl (C=O) groups excluding carboxylic acids is 1. The van der Waals surface area contributed by atoms with Crippen LogP contribution >= 0.6 is 11.3 Å². The predicted molar refractivity (Wildman–Crippen MR) is 75.3 cm³/mol. The van der Waals surface area contributed by atoms with Crippen molar-refractivity contribution in [1.29, 1.82) is 0 Å². The topological polar surface area (TPSA) is 29.1 Å². The third kappa shape index (κ3) is 1.75. The van der Waals surface area contributed by atoms with Crippen molar-refractivity contribution in [2.24, 2.45) is 0 Å². The average molecular weight is 257 g/mol. The second-order valence-corrected chi connectivity index (χ2v) is 5.81. The highest BCUT2D eigenvalue weighted by molar-refractivity contribution is 7.10. The molecule has 0 unspecified atom stereocenters. The number of rotatable bonds is 2. The molecule has 0 saturated carbocycles. The van der Waals surface area contributed by atoms with Crippen LogP contribution in [-0.2, 0) is 11.2 Å². The first kappa shape index (κ1) is 11.5. The summed E-state index contributed by atoms with van der Waals surface area (Å²) in [5.41, 5.74) is 4.59. The Morgan fingerprint density at radius 2 is 2.06 bits per heavy atom. The lowest BCUT2D eigenvalue weighted by Crippen LogP contribution is -2.14. The Balaban J connectivity index is 1.98. The van der Waals surface area contributed by atoms with E-state index in [1.165, 1.54) is 10.4 Å². The molecule has 1 aromatic carbocycles. The number of fused-ring (bicyclic) bond motifs is 1. The van der Waals surface area contributed by atoms with Crippen LogP contribution in [0.15, 0.2) is 29.6 Å². The van der Waals surface area contributed by atoms with Gasteiger partial charge in [0.15, 0.2) is 0 Å². The normalized spacial score (nSPS) is 17.7. The van der Waals surface area contributed by atoms with Crippen LogP contribution < -0.4 is 5.32 Å². The summed E-state index contributed by atoms with van der Waals surface area (Å²) >= 11 is 1.74. The Hall–Kier alpha value is -1.61. The van der Waals surface area contributed by atoms with Crippen molar-refractivity contribution in [2.45, 2.75) is 26.2 Å². The maximum absolute atomic E-state index is 12.1. The van der Waals surface area contributed by atoms with E-state index >= 15 is 0 Å². The number of hydrogen-bond acceptors (Lipinski definition) is 2. The second-order valence-electron chi connectivity index (χ2n) is 4.81. The number of carbonyl (C=O) groups is 1. The molecule has 0 fully saturated rings. The van der Waals surface area contributed by atoms with Gasteiger partial charge in [0, 0.05) is 10.6 Å². The number of amides is 1. The number of nitrogens with one attached hydrogen (secondary N) is 1. The minimum absolute atomic E-state index is 0.0303. The summed E-state index contributed by atoms with van der Waals surface area (Å²) in [6.07, 6.45) is 0.811. The highest BCUT2D eigenvalue weighted by Crippen LogP contribution is 2.37. The molecule has 2 aromatic rings. The third-order valence-electron chi connectivity index (χ3n) is 3.60. The summed E-state index contributed by atoms with van der Waals surface area (Å²) in [5, 5.41) is 5.11. The number of thiophene rings is 1. The summed E-state index contributed by atoms with van der Waals surface area (Å²) in [6.45, 7) is 4.15. The minimum atomic E-state index is -0.0303. The molecule has 2 nitrogen and oxygen atoms in total. The lowest BCUT2D eigenvalue weighted by Gasteiger charge is -2.08. The van der Waals surface area contributed by atoms with E-state index in [4.69, 9.17) is 0 Å². The first-order chi connectivity index (χ1) is 8.66. The molecule has 1 aromatic heterocycles. The Labute approximate surface area is 111 Å². The zero-order valence-corrected chi connectivity index (χ0v) is 11.3. The third-order valence-corrected chi connectivity index (χ3v) is 4.65. The van der Waals surface area contributed by atoms with Crippen LogP contribution in [0.4, 0.5) is 5.69 Å². The minimum Gasteiger partial charge on any atom is -0.325 e. The van der Waals surface area contributed by atoms with Gasteiger partial charge in [-0.1, -0.05) is 18.2 Å². The summed E-state index contributed by atoms with van der Waals surface area (Å²) in [7, 11) is 0. The average Bonchev–Trinajstić information content (AvgIpc) is 2.87.